The summed E-state index contributed by atoms with van der Waals surface area (Å²) >= 11 is 0. The maximum Gasteiger partial charge on any atom is 0.191 e. The highest BCUT2D eigenvalue weighted by Crippen LogP contribution is 2.24. The van der Waals surface area contributed by atoms with Gasteiger partial charge in [-0.2, -0.15) is 0 Å². The molecule has 2 aromatic rings. The highest BCUT2D eigenvalue weighted by molar-refractivity contribution is 14.0. The molecule has 0 aliphatic carbocycles. The lowest BCUT2D eigenvalue weighted by molar-refractivity contribution is 0.182. The van der Waals surface area contributed by atoms with Crippen LogP contribution >= 0.6 is 24.0 Å². The molecule has 1 aliphatic rings. The first kappa shape index (κ1) is 24.4. The third-order valence-corrected chi connectivity index (χ3v) is 5.23. The number of aliphatic imine (C=N–C) groups is 1. The van der Waals surface area contributed by atoms with Gasteiger partial charge in [-0.25, -0.2) is 4.39 Å². The Morgan fingerprint density at radius 1 is 1.17 bits per heavy atom. The molecule has 7 heteroatoms. The fourth-order valence-electron chi connectivity index (χ4n) is 3.60. The molecule has 5 nitrogen and oxygen atoms in total. The van der Waals surface area contributed by atoms with Crippen molar-refractivity contribution in [2.75, 3.05) is 31.1 Å². The van der Waals surface area contributed by atoms with Crippen LogP contribution in [0.15, 0.2) is 53.5 Å². The molecule has 0 radical (unpaired) electrons. The average Bonchev–Trinajstić information content (AvgIpc) is 3.27. The maximum absolute atomic E-state index is 13.9. The summed E-state index contributed by atoms with van der Waals surface area (Å²) in [5, 5.41) is 16.9. The molecule has 0 bridgehead atoms. The normalized spacial score (nSPS) is 16.0. The number of hydrogen-bond acceptors (Lipinski definition) is 3. The van der Waals surface area contributed by atoms with Crippen molar-refractivity contribution in [3.63, 3.8) is 0 Å². The Balaban J connectivity index is 0.00000320. The minimum Gasteiger partial charge on any atom is -0.386 e. The predicted molar refractivity (Wildman–Crippen MR) is 132 cm³/mol. The third-order valence-electron chi connectivity index (χ3n) is 5.23. The summed E-state index contributed by atoms with van der Waals surface area (Å²) in [6.07, 6.45) is 1.51. The number of aliphatic hydroxyl groups is 1. The van der Waals surface area contributed by atoms with Crippen molar-refractivity contribution in [2.45, 2.75) is 38.8 Å². The van der Waals surface area contributed by atoms with E-state index >= 15 is 0 Å². The van der Waals surface area contributed by atoms with Crippen LogP contribution in [0.25, 0.3) is 0 Å². The van der Waals surface area contributed by atoms with E-state index in [1.165, 1.54) is 30.2 Å². The predicted octanol–water partition coefficient (Wildman–Crippen LogP) is 4.39. The first-order valence-electron chi connectivity index (χ1n) is 10.4. The number of rotatable bonds is 7. The van der Waals surface area contributed by atoms with Gasteiger partial charge in [-0.15, -0.1) is 24.0 Å². The molecule has 2 atom stereocenters. The largest absolute Gasteiger partial charge is 0.386 e. The average molecular weight is 526 g/mol. The van der Waals surface area contributed by atoms with Crippen molar-refractivity contribution in [2.24, 2.45) is 4.99 Å². The van der Waals surface area contributed by atoms with E-state index in [0.717, 1.165) is 13.1 Å². The second kappa shape index (κ2) is 12.1. The number of aliphatic hydroxyl groups excluding tert-OH is 1. The second-order valence-corrected chi connectivity index (χ2v) is 7.41. The Labute approximate surface area is 195 Å². The lowest BCUT2D eigenvalue weighted by Crippen LogP contribution is -2.39. The second-order valence-electron chi connectivity index (χ2n) is 7.41. The molecule has 3 rings (SSSR count). The Kier molecular flexibility index (Phi) is 9.84. The van der Waals surface area contributed by atoms with Crippen LogP contribution in [0.5, 0.6) is 0 Å². The van der Waals surface area contributed by atoms with E-state index in [2.05, 4.69) is 51.7 Å². The summed E-state index contributed by atoms with van der Waals surface area (Å²) in [7, 11) is 0. The molecule has 2 aromatic carbocycles. The van der Waals surface area contributed by atoms with Crippen molar-refractivity contribution >= 4 is 35.6 Å². The number of nitrogens with one attached hydrogen (secondary N) is 2. The van der Waals surface area contributed by atoms with Crippen LogP contribution in [0.4, 0.5) is 10.1 Å². The van der Waals surface area contributed by atoms with Gasteiger partial charge in [-0.1, -0.05) is 30.3 Å². The Morgan fingerprint density at radius 2 is 1.90 bits per heavy atom. The number of guanidine groups is 1. The molecule has 0 amide bonds. The quantitative estimate of drug-likeness (QED) is 0.285. The summed E-state index contributed by atoms with van der Waals surface area (Å²) in [5.41, 5.74) is 2.69. The van der Waals surface area contributed by atoms with Gasteiger partial charge in [0.1, 0.15) is 11.9 Å². The molecular weight excluding hydrogens is 494 g/mol. The van der Waals surface area contributed by atoms with Gasteiger partial charge in [0.05, 0.1) is 12.6 Å². The summed E-state index contributed by atoms with van der Waals surface area (Å²) in [6, 6.07) is 14.9. The molecule has 0 aromatic heterocycles. The fraction of sp³-hybridized carbons (Fsp3) is 0.435. The van der Waals surface area contributed by atoms with Crippen LogP contribution in [-0.4, -0.2) is 37.2 Å². The zero-order valence-corrected chi connectivity index (χ0v) is 20.0. The van der Waals surface area contributed by atoms with E-state index < -0.39 is 11.9 Å². The summed E-state index contributed by atoms with van der Waals surface area (Å²) in [4.78, 5) is 6.88. The molecule has 1 aliphatic heterocycles. The van der Waals surface area contributed by atoms with E-state index in [1.807, 2.05) is 6.92 Å². The highest BCUT2D eigenvalue weighted by Gasteiger charge is 2.15. The number of hydrogen-bond donors (Lipinski definition) is 3. The van der Waals surface area contributed by atoms with E-state index in [-0.39, 0.29) is 42.1 Å². The van der Waals surface area contributed by atoms with Gasteiger partial charge in [0, 0.05) is 30.9 Å². The SMILES string of the molecule is CCNC(=NCC(O)c1ccccc1F)NC(C)c1cccc(N2CCCC2)c1.I. The molecule has 1 fully saturated rings. The van der Waals surface area contributed by atoms with Gasteiger partial charge in [-0.3, -0.25) is 4.99 Å². The fourth-order valence-corrected chi connectivity index (χ4v) is 3.60. The van der Waals surface area contributed by atoms with Crippen LogP contribution in [0.3, 0.4) is 0 Å². The molecule has 1 heterocycles. The van der Waals surface area contributed by atoms with Crippen molar-refractivity contribution in [3.05, 3.63) is 65.5 Å². The number of benzene rings is 2. The van der Waals surface area contributed by atoms with Gasteiger partial charge in [0.15, 0.2) is 5.96 Å². The molecule has 2 unspecified atom stereocenters. The van der Waals surface area contributed by atoms with Crippen LogP contribution in [-0.2, 0) is 0 Å². The molecule has 0 spiro atoms. The first-order valence-corrected chi connectivity index (χ1v) is 10.4. The number of halogens is 2. The van der Waals surface area contributed by atoms with Crippen molar-refractivity contribution < 1.29 is 9.50 Å². The third kappa shape index (κ3) is 6.57. The van der Waals surface area contributed by atoms with Crippen molar-refractivity contribution in [3.8, 4) is 0 Å². The summed E-state index contributed by atoms with van der Waals surface area (Å²) in [6.45, 7) is 7.08. The number of nitrogens with zero attached hydrogens (tertiary/aromatic N) is 2. The minimum absolute atomic E-state index is 0. The molecule has 3 N–H and O–H groups in total. The van der Waals surface area contributed by atoms with Crippen LogP contribution < -0.4 is 15.5 Å². The van der Waals surface area contributed by atoms with Gasteiger partial charge in [0.2, 0.25) is 0 Å². The van der Waals surface area contributed by atoms with E-state index in [4.69, 9.17) is 0 Å². The topological polar surface area (TPSA) is 59.9 Å². The first-order chi connectivity index (χ1) is 14.1. The van der Waals surface area contributed by atoms with E-state index in [0.29, 0.717) is 12.5 Å². The smallest absolute Gasteiger partial charge is 0.191 e. The van der Waals surface area contributed by atoms with Crippen molar-refractivity contribution in [1.29, 1.82) is 0 Å². The van der Waals surface area contributed by atoms with Crippen LogP contribution in [0.2, 0.25) is 0 Å². The molecule has 1 saturated heterocycles. The van der Waals surface area contributed by atoms with Gasteiger partial charge >= 0.3 is 0 Å². The lowest BCUT2D eigenvalue weighted by Gasteiger charge is -2.22. The standard InChI is InChI=1S/C23H31FN4O.HI/c1-3-25-23(26-16-22(29)20-11-4-5-12-21(20)24)27-17(2)18-9-8-10-19(15-18)28-13-6-7-14-28;/h4-5,8-12,15,17,22,29H,3,6-7,13-14,16H2,1-2H3,(H2,25,26,27);1H. The van der Waals surface area contributed by atoms with Crippen LogP contribution in [0.1, 0.15) is 50.0 Å². The highest BCUT2D eigenvalue weighted by atomic mass is 127. The molecule has 164 valence electrons. The molecular formula is C23H32FIN4O. The maximum atomic E-state index is 13.9. The Morgan fingerprint density at radius 3 is 2.60 bits per heavy atom. The summed E-state index contributed by atoms with van der Waals surface area (Å²) < 4.78 is 13.9. The monoisotopic (exact) mass is 526 g/mol. The Bertz CT molecular complexity index is 826. The van der Waals surface area contributed by atoms with Gasteiger partial charge in [-0.05, 0) is 50.5 Å². The lowest BCUT2D eigenvalue weighted by atomic mass is 10.1. The number of anilines is 1. The zero-order valence-electron chi connectivity index (χ0n) is 17.6. The van der Waals surface area contributed by atoms with Gasteiger partial charge in [0.25, 0.3) is 0 Å². The van der Waals surface area contributed by atoms with Gasteiger partial charge < -0.3 is 20.6 Å². The zero-order chi connectivity index (χ0) is 20.6. The minimum atomic E-state index is -0.986. The Hall–Kier alpha value is -1.87. The molecule has 0 saturated carbocycles. The summed E-state index contributed by atoms with van der Waals surface area (Å²) in [5.74, 6) is 0.183. The molecule has 30 heavy (non-hydrogen) atoms. The van der Waals surface area contributed by atoms with E-state index in [9.17, 15) is 9.50 Å². The van der Waals surface area contributed by atoms with Crippen LogP contribution in [0, 0.1) is 5.82 Å². The van der Waals surface area contributed by atoms with Crippen molar-refractivity contribution in [1.82, 2.24) is 10.6 Å². The van der Waals surface area contributed by atoms with E-state index in [1.54, 1.807) is 18.2 Å².